The third-order valence-electron chi connectivity index (χ3n) is 5.21. The number of amides is 2. The van der Waals surface area contributed by atoms with Crippen molar-refractivity contribution >= 4 is 17.5 Å². The van der Waals surface area contributed by atoms with E-state index >= 15 is 0 Å². The molecule has 0 unspecified atom stereocenters. The molecule has 0 bridgehead atoms. The van der Waals surface area contributed by atoms with Gasteiger partial charge in [-0.15, -0.1) is 0 Å². The zero-order chi connectivity index (χ0) is 24.5. The van der Waals surface area contributed by atoms with Gasteiger partial charge in [-0.2, -0.15) is 0 Å². The molecule has 34 heavy (non-hydrogen) atoms. The van der Waals surface area contributed by atoms with Crippen molar-refractivity contribution < 1.29 is 28.5 Å². The summed E-state index contributed by atoms with van der Waals surface area (Å²) in [5.74, 6) is 1.59. The molecule has 0 aliphatic heterocycles. The van der Waals surface area contributed by atoms with Gasteiger partial charge in [-0.1, -0.05) is 18.2 Å². The maximum absolute atomic E-state index is 12.8. The van der Waals surface area contributed by atoms with Gasteiger partial charge >= 0.3 is 0 Å². The second kappa shape index (κ2) is 11.6. The smallest absolute Gasteiger partial charge is 0.255 e. The maximum Gasteiger partial charge on any atom is 0.255 e. The molecule has 0 atom stereocenters. The number of rotatable bonds is 10. The highest BCUT2D eigenvalue weighted by Gasteiger charge is 2.16. The quantitative estimate of drug-likeness (QED) is 0.472. The van der Waals surface area contributed by atoms with Crippen molar-refractivity contribution in [3.05, 3.63) is 77.4 Å². The lowest BCUT2D eigenvalue weighted by Crippen LogP contribution is -2.27. The number of ether oxygens (including phenoxy) is 4. The van der Waals surface area contributed by atoms with Crippen LogP contribution in [0.2, 0.25) is 0 Å². The Hall–Kier alpha value is -4.20. The van der Waals surface area contributed by atoms with Crippen molar-refractivity contribution in [3.8, 4) is 23.0 Å². The maximum atomic E-state index is 12.8. The van der Waals surface area contributed by atoms with E-state index in [1.54, 1.807) is 56.7 Å². The molecule has 2 N–H and O–H groups in total. The van der Waals surface area contributed by atoms with Gasteiger partial charge in [0, 0.05) is 12.1 Å². The van der Waals surface area contributed by atoms with E-state index in [1.807, 2.05) is 18.2 Å². The van der Waals surface area contributed by atoms with Crippen LogP contribution in [0.25, 0.3) is 0 Å². The number of nitrogens with one attached hydrogen (secondary N) is 2. The number of carbonyl (C=O) groups is 2. The van der Waals surface area contributed by atoms with Gasteiger partial charge in [0.15, 0.2) is 23.0 Å². The van der Waals surface area contributed by atoms with Crippen molar-refractivity contribution in [2.45, 2.75) is 6.42 Å². The Morgan fingerprint density at radius 3 is 2.00 bits per heavy atom. The standard InChI is InChI=1S/C26H28N2O6/c1-31-21-11-9-17(15-23(21)33-3)13-14-27-26(30)19-7-5-6-8-20(19)28-25(29)18-10-12-22(32-2)24(16-18)34-4/h5-12,15-16H,13-14H2,1-4H3,(H,27,30)(H,28,29). The third kappa shape index (κ3) is 5.78. The molecule has 3 aromatic carbocycles. The Morgan fingerprint density at radius 2 is 1.32 bits per heavy atom. The van der Waals surface area contributed by atoms with Crippen molar-refractivity contribution in [3.63, 3.8) is 0 Å². The Balaban J connectivity index is 1.66. The Bertz CT molecular complexity index is 1160. The van der Waals surface area contributed by atoms with Crippen molar-refractivity contribution in [2.75, 3.05) is 40.3 Å². The molecule has 178 valence electrons. The normalized spacial score (nSPS) is 10.2. The number of anilines is 1. The van der Waals surface area contributed by atoms with Crippen LogP contribution in [0.4, 0.5) is 5.69 Å². The van der Waals surface area contributed by atoms with Crippen LogP contribution in [0.15, 0.2) is 60.7 Å². The van der Waals surface area contributed by atoms with E-state index in [0.717, 1.165) is 5.56 Å². The predicted octanol–water partition coefficient (Wildman–Crippen LogP) is 3.95. The first-order chi connectivity index (χ1) is 16.5. The van der Waals surface area contributed by atoms with E-state index in [4.69, 9.17) is 18.9 Å². The second-order valence-electron chi connectivity index (χ2n) is 7.26. The Kier molecular flexibility index (Phi) is 8.34. The minimum Gasteiger partial charge on any atom is -0.493 e. The van der Waals surface area contributed by atoms with Crippen LogP contribution in [0.1, 0.15) is 26.3 Å². The summed E-state index contributed by atoms with van der Waals surface area (Å²) in [6.45, 7) is 0.409. The summed E-state index contributed by atoms with van der Waals surface area (Å²) in [7, 11) is 6.19. The molecular weight excluding hydrogens is 436 g/mol. The lowest BCUT2D eigenvalue weighted by Gasteiger charge is -2.13. The summed E-state index contributed by atoms with van der Waals surface area (Å²) in [6.07, 6.45) is 0.603. The van der Waals surface area contributed by atoms with E-state index in [0.29, 0.717) is 52.8 Å². The van der Waals surface area contributed by atoms with Gasteiger partial charge in [0.05, 0.1) is 39.7 Å². The molecule has 0 spiro atoms. The van der Waals surface area contributed by atoms with Gasteiger partial charge in [0.25, 0.3) is 11.8 Å². The molecule has 3 rings (SSSR count). The summed E-state index contributed by atoms with van der Waals surface area (Å²) in [6, 6.07) is 17.3. The SMILES string of the molecule is COc1ccc(CCNC(=O)c2ccccc2NC(=O)c2ccc(OC)c(OC)c2)cc1OC. The Labute approximate surface area is 198 Å². The van der Waals surface area contributed by atoms with Gasteiger partial charge < -0.3 is 29.6 Å². The number of carbonyl (C=O) groups excluding carboxylic acids is 2. The van der Waals surface area contributed by atoms with E-state index < -0.39 is 0 Å². The average molecular weight is 465 g/mol. The van der Waals surface area contributed by atoms with Crippen LogP contribution < -0.4 is 29.6 Å². The number of methoxy groups -OCH3 is 4. The van der Waals surface area contributed by atoms with E-state index in [2.05, 4.69) is 10.6 Å². The van der Waals surface area contributed by atoms with Crippen LogP contribution in [0, 0.1) is 0 Å². The molecule has 8 nitrogen and oxygen atoms in total. The molecule has 0 aliphatic rings. The van der Waals surface area contributed by atoms with Crippen LogP contribution >= 0.6 is 0 Å². The molecule has 0 heterocycles. The molecule has 8 heteroatoms. The first-order valence-electron chi connectivity index (χ1n) is 10.6. The van der Waals surface area contributed by atoms with E-state index in [1.165, 1.54) is 14.2 Å². The largest absolute Gasteiger partial charge is 0.493 e. The molecule has 2 amide bonds. The van der Waals surface area contributed by atoms with Crippen molar-refractivity contribution in [1.82, 2.24) is 5.32 Å². The molecule has 0 saturated carbocycles. The van der Waals surface area contributed by atoms with Gasteiger partial charge in [-0.05, 0) is 54.4 Å². The fourth-order valence-electron chi connectivity index (χ4n) is 3.41. The highest BCUT2D eigenvalue weighted by Crippen LogP contribution is 2.29. The number of hydrogen-bond donors (Lipinski definition) is 2. The number of para-hydroxylation sites is 1. The van der Waals surface area contributed by atoms with Crippen LogP contribution in [0.3, 0.4) is 0 Å². The summed E-state index contributed by atoms with van der Waals surface area (Å²) < 4.78 is 21.0. The van der Waals surface area contributed by atoms with Crippen molar-refractivity contribution in [1.29, 1.82) is 0 Å². The van der Waals surface area contributed by atoms with E-state index in [-0.39, 0.29) is 11.8 Å². The monoisotopic (exact) mass is 464 g/mol. The number of hydrogen-bond acceptors (Lipinski definition) is 6. The molecule has 3 aromatic rings. The van der Waals surface area contributed by atoms with Gasteiger partial charge in [0.1, 0.15) is 0 Å². The molecule has 0 aliphatic carbocycles. The summed E-state index contributed by atoms with van der Waals surface area (Å²) >= 11 is 0. The van der Waals surface area contributed by atoms with Crippen LogP contribution in [-0.4, -0.2) is 46.8 Å². The number of benzene rings is 3. The van der Waals surface area contributed by atoms with Gasteiger partial charge in [0.2, 0.25) is 0 Å². The molecule has 0 saturated heterocycles. The molecular formula is C26H28N2O6. The van der Waals surface area contributed by atoms with Crippen LogP contribution in [0.5, 0.6) is 23.0 Å². The topological polar surface area (TPSA) is 95.1 Å². The zero-order valence-corrected chi connectivity index (χ0v) is 19.6. The minimum atomic E-state index is -0.369. The first kappa shape index (κ1) is 24.4. The molecule has 0 fully saturated rings. The molecule has 0 aromatic heterocycles. The molecule has 0 radical (unpaired) electrons. The Morgan fingerprint density at radius 1 is 0.706 bits per heavy atom. The zero-order valence-electron chi connectivity index (χ0n) is 19.6. The summed E-state index contributed by atoms with van der Waals surface area (Å²) in [5.41, 5.74) is 2.14. The minimum absolute atomic E-state index is 0.288. The predicted molar refractivity (Wildman–Crippen MR) is 130 cm³/mol. The second-order valence-corrected chi connectivity index (χ2v) is 7.26. The van der Waals surface area contributed by atoms with Gasteiger partial charge in [-0.3, -0.25) is 9.59 Å². The van der Waals surface area contributed by atoms with Crippen molar-refractivity contribution in [2.24, 2.45) is 0 Å². The highest BCUT2D eigenvalue weighted by atomic mass is 16.5. The third-order valence-corrected chi connectivity index (χ3v) is 5.21. The fraction of sp³-hybridized carbons (Fsp3) is 0.231. The lowest BCUT2D eigenvalue weighted by molar-refractivity contribution is 0.0955. The van der Waals surface area contributed by atoms with Gasteiger partial charge in [-0.25, -0.2) is 0 Å². The lowest BCUT2D eigenvalue weighted by atomic mass is 10.1. The fourth-order valence-corrected chi connectivity index (χ4v) is 3.41. The average Bonchev–Trinajstić information content (AvgIpc) is 2.88. The first-order valence-corrected chi connectivity index (χ1v) is 10.6. The van der Waals surface area contributed by atoms with E-state index in [9.17, 15) is 9.59 Å². The van der Waals surface area contributed by atoms with Crippen LogP contribution in [-0.2, 0) is 6.42 Å². The highest BCUT2D eigenvalue weighted by molar-refractivity contribution is 6.09. The summed E-state index contributed by atoms with van der Waals surface area (Å²) in [5, 5.41) is 5.71. The summed E-state index contributed by atoms with van der Waals surface area (Å²) in [4.78, 5) is 25.6.